The van der Waals surface area contributed by atoms with Crippen LogP contribution in [0.2, 0.25) is 5.02 Å². The molecule has 2 heterocycles. The molecule has 2 aromatic carbocycles. The molecule has 1 aliphatic rings. The van der Waals surface area contributed by atoms with E-state index in [1.54, 1.807) is 46.1 Å². The maximum Gasteiger partial charge on any atom is 0.274 e. The molecule has 0 radical (unpaired) electrons. The van der Waals surface area contributed by atoms with E-state index in [0.717, 1.165) is 29.7 Å². The Balaban J connectivity index is 1.28. The quantitative estimate of drug-likeness (QED) is 0.495. The van der Waals surface area contributed by atoms with Crippen molar-refractivity contribution in [2.24, 2.45) is 0 Å². The molecule has 1 saturated heterocycles. The number of carbonyl (C=O) groups excluding carboxylic acids is 1. The van der Waals surface area contributed by atoms with Crippen LogP contribution >= 0.6 is 27.5 Å². The van der Waals surface area contributed by atoms with Gasteiger partial charge in [-0.2, -0.15) is 5.10 Å². The lowest BCUT2D eigenvalue weighted by Gasteiger charge is -2.34. The van der Waals surface area contributed by atoms with Gasteiger partial charge in [0.15, 0.2) is 12.4 Å². The van der Waals surface area contributed by atoms with Crippen molar-refractivity contribution in [2.45, 2.75) is 13.3 Å². The summed E-state index contributed by atoms with van der Waals surface area (Å²) in [6.07, 6.45) is 1.71. The van der Waals surface area contributed by atoms with Crippen molar-refractivity contribution in [3.8, 4) is 5.75 Å². The Kier molecular flexibility index (Phi) is 6.89. The van der Waals surface area contributed by atoms with Gasteiger partial charge in [0.1, 0.15) is 11.6 Å². The Morgan fingerprint density at radius 2 is 1.84 bits per heavy atom. The summed E-state index contributed by atoms with van der Waals surface area (Å²) in [6, 6.07) is 13.6. The highest BCUT2D eigenvalue weighted by Gasteiger charge is 2.23. The predicted octanol–water partition coefficient (Wildman–Crippen LogP) is 4.43. The zero-order valence-electron chi connectivity index (χ0n) is 16.7. The van der Waals surface area contributed by atoms with E-state index in [1.807, 2.05) is 6.07 Å². The molecule has 0 unspecified atom stereocenters. The summed E-state index contributed by atoms with van der Waals surface area (Å²) < 4.78 is 21.2. The minimum Gasteiger partial charge on any atom is -0.470 e. The van der Waals surface area contributed by atoms with Crippen LogP contribution in [-0.4, -0.2) is 51.7 Å². The lowest BCUT2D eigenvalue weighted by atomic mass is 10.2. The van der Waals surface area contributed by atoms with Crippen LogP contribution in [0.3, 0.4) is 0 Å². The molecule has 0 bridgehead atoms. The number of hydrogen-bond acceptors (Lipinski definition) is 4. The van der Waals surface area contributed by atoms with Crippen molar-refractivity contribution in [1.82, 2.24) is 19.6 Å². The van der Waals surface area contributed by atoms with Crippen molar-refractivity contribution in [1.29, 1.82) is 0 Å². The van der Waals surface area contributed by atoms with Crippen LogP contribution in [0.5, 0.6) is 5.75 Å². The average molecular weight is 508 g/mol. The number of nitrogens with zero attached hydrogens (tertiary/aromatic N) is 4. The van der Waals surface area contributed by atoms with Gasteiger partial charge >= 0.3 is 0 Å². The van der Waals surface area contributed by atoms with Gasteiger partial charge in [-0.25, -0.2) is 9.07 Å². The maximum atomic E-state index is 13.1. The van der Waals surface area contributed by atoms with Crippen LogP contribution in [0.25, 0.3) is 0 Å². The van der Waals surface area contributed by atoms with E-state index in [2.05, 4.69) is 25.9 Å². The normalized spacial score (nSPS) is 14.6. The summed E-state index contributed by atoms with van der Waals surface area (Å²) in [5, 5.41) is 4.84. The van der Waals surface area contributed by atoms with E-state index < -0.39 is 0 Å². The molecule has 1 aliphatic heterocycles. The van der Waals surface area contributed by atoms with Crippen LogP contribution in [0, 0.1) is 5.82 Å². The molecule has 4 rings (SSSR count). The Bertz CT molecular complexity index is 1050. The number of hydrogen-bond donors (Lipinski definition) is 0. The van der Waals surface area contributed by atoms with Crippen molar-refractivity contribution >= 4 is 33.4 Å². The highest BCUT2D eigenvalue weighted by Crippen LogP contribution is 2.27. The predicted molar refractivity (Wildman–Crippen MR) is 120 cm³/mol. The number of aromatic nitrogens is 2. The fourth-order valence-corrected chi connectivity index (χ4v) is 4.12. The first-order chi connectivity index (χ1) is 15.0. The molecule has 3 aromatic rings. The monoisotopic (exact) mass is 506 g/mol. The molecular formula is C22H21BrClFN4O2. The molecule has 1 fully saturated rings. The first-order valence-corrected chi connectivity index (χ1v) is 11.0. The van der Waals surface area contributed by atoms with Gasteiger partial charge in [0.05, 0.1) is 5.02 Å². The summed E-state index contributed by atoms with van der Waals surface area (Å²) in [6.45, 7) is 3.66. The Morgan fingerprint density at radius 1 is 1.10 bits per heavy atom. The van der Waals surface area contributed by atoms with Gasteiger partial charge < -0.3 is 9.64 Å². The van der Waals surface area contributed by atoms with Crippen LogP contribution < -0.4 is 4.74 Å². The van der Waals surface area contributed by atoms with Crippen LogP contribution in [0.4, 0.5) is 4.39 Å². The molecule has 0 spiro atoms. The van der Waals surface area contributed by atoms with Gasteiger partial charge in [-0.1, -0.05) is 39.7 Å². The van der Waals surface area contributed by atoms with Crippen molar-refractivity contribution in [3.63, 3.8) is 0 Å². The van der Waals surface area contributed by atoms with E-state index in [0.29, 0.717) is 29.6 Å². The topological polar surface area (TPSA) is 50.6 Å². The fourth-order valence-electron chi connectivity index (χ4n) is 3.39. The van der Waals surface area contributed by atoms with Crippen LogP contribution in [0.15, 0.2) is 59.2 Å². The number of rotatable bonds is 6. The third-order valence-corrected chi connectivity index (χ3v) is 5.87. The molecule has 162 valence electrons. The zero-order chi connectivity index (χ0) is 21.8. The van der Waals surface area contributed by atoms with E-state index in [-0.39, 0.29) is 18.5 Å². The first kappa shape index (κ1) is 21.8. The average Bonchev–Trinajstić information content (AvgIpc) is 3.24. The smallest absolute Gasteiger partial charge is 0.274 e. The Morgan fingerprint density at radius 3 is 2.55 bits per heavy atom. The molecule has 0 aliphatic carbocycles. The zero-order valence-corrected chi connectivity index (χ0v) is 19.0. The number of amides is 1. The van der Waals surface area contributed by atoms with Gasteiger partial charge in [0.25, 0.3) is 5.91 Å². The van der Waals surface area contributed by atoms with Crippen molar-refractivity contribution in [2.75, 3.05) is 26.2 Å². The van der Waals surface area contributed by atoms with E-state index in [1.165, 1.54) is 12.1 Å². The summed E-state index contributed by atoms with van der Waals surface area (Å²) in [4.78, 5) is 16.9. The standard InChI is InChI=1S/C22H21BrClFN4O2/c23-17-3-6-21(19(24)13-17)31-15-29-8-7-20(26-29)22(30)28-11-9-27(10-12-28)14-16-1-4-18(25)5-2-16/h1-8,13H,9-12,14-15H2. The van der Waals surface area contributed by atoms with Gasteiger partial charge in [0.2, 0.25) is 0 Å². The number of benzene rings is 2. The molecule has 0 saturated carbocycles. The highest BCUT2D eigenvalue weighted by molar-refractivity contribution is 9.10. The molecule has 6 nitrogen and oxygen atoms in total. The van der Waals surface area contributed by atoms with Gasteiger partial charge in [0, 0.05) is 43.4 Å². The Labute approximate surface area is 193 Å². The fraction of sp³-hybridized carbons (Fsp3) is 0.273. The van der Waals surface area contributed by atoms with Gasteiger partial charge in [-0.05, 0) is 42.0 Å². The second-order valence-corrected chi connectivity index (χ2v) is 8.61. The second kappa shape index (κ2) is 9.80. The molecule has 1 aromatic heterocycles. The first-order valence-electron chi connectivity index (χ1n) is 9.85. The molecular weight excluding hydrogens is 487 g/mol. The molecule has 0 atom stereocenters. The number of carbonyl (C=O) groups is 1. The summed E-state index contributed by atoms with van der Waals surface area (Å²) in [5.41, 5.74) is 1.45. The summed E-state index contributed by atoms with van der Waals surface area (Å²) in [7, 11) is 0. The van der Waals surface area contributed by atoms with E-state index in [9.17, 15) is 9.18 Å². The van der Waals surface area contributed by atoms with E-state index in [4.69, 9.17) is 16.3 Å². The molecule has 0 N–H and O–H groups in total. The van der Waals surface area contributed by atoms with Crippen molar-refractivity contribution < 1.29 is 13.9 Å². The van der Waals surface area contributed by atoms with Crippen molar-refractivity contribution in [3.05, 3.63) is 81.3 Å². The molecule has 9 heteroatoms. The third-order valence-electron chi connectivity index (χ3n) is 5.08. The van der Waals surface area contributed by atoms with Crippen LogP contribution in [-0.2, 0) is 13.3 Å². The SMILES string of the molecule is O=C(c1ccn(COc2ccc(Br)cc2Cl)n1)N1CCN(Cc2ccc(F)cc2)CC1. The maximum absolute atomic E-state index is 13.1. The second-order valence-electron chi connectivity index (χ2n) is 7.28. The lowest BCUT2D eigenvalue weighted by Crippen LogP contribution is -2.48. The van der Waals surface area contributed by atoms with E-state index >= 15 is 0 Å². The number of ether oxygens (including phenoxy) is 1. The summed E-state index contributed by atoms with van der Waals surface area (Å²) >= 11 is 9.51. The van der Waals surface area contributed by atoms with Gasteiger partial charge in [-0.15, -0.1) is 0 Å². The minimum atomic E-state index is -0.232. The molecule has 1 amide bonds. The largest absolute Gasteiger partial charge is 0.470 e. The minimum absolute atomic E-state index is 0.0955. The van der Waals surface area contributed by atoms with Gasteiger partial charge in [-0.3, -0.25) is 9.69 Å². The highest BCUT2D eigenvalue weighted by atomic mass is 79.9. The Hall–Kier alpha value is -2.42. The number of halogens is 3. The summed E-state index contributed by atoms with van der Waals surface area (Å²) in [5.74, 6) is 0.219. The molecule has 31 heavy (non-hydrogen) atoms. The number of piperazine rings is 1. The van der Waals surface area contributed by atoms with Crippen LogP contribution in [0.1, 0.15) is 16.1 Å². The third kappa shape index (κ3) is 5.64. The lowest BCUT2D eigenvalue weighted by molar-refractivity contribution is 0.0620.